The maximum atomic E-state index is 6.18. The van der Waals surface area contributed by atoms with Gasteiger partial charge in [0.1, 0.15) is 0 Å². The van der Waals surface area contributed by atoms with Gasteiger partial charge in [0.15, 0.2) is 0 Å². The second-order valence-electron chi connectivity index (χ2n) is 3.95. The van der Waals surface area contributed by atoms with E-state index in [1.54, 1.807) is 11.3 Å². The van der Waals surface area contributed by atoms with Gasteiger partial charge in [0.25, 0.3) is 0 Å². The number of rotatable bonds is 3. The van der Waals surface area contributed by atoms with E-state index in [0.29, 0.717) is 0 Å². The van der Waals surface area contributed by atoms with E-state index >= 15 is 0 Å². The van der Waals surface area contributed by atoms with Crippen molar-refractivity contribution in [1.82, 2.24) is 0 Å². The first-order chi connectivity index (χ1) is 7.65. The van der Waals surface area contributed by atoms with Crippen LogP contribution in [0.15, 0.2) is 40.2 Å². The van der Waals surface area contributed by atoms with Crippen LogP contribution in [-0.2, 0) is 6.42 Å². The highest BCUT2D eigenvalue weighted by Gasteiger charge is 2.08. The third-order valence-electron chi connectivity index (χ3n) is 2.55. The fourth-order valence-electron chi connectivity index (χ4n) is 1.61. The summed E-state index contributed by atoms with van der Waals surface area (Å²) in [6.07, 6.45) is 0.902. The molecule has 0 aliphatic rings. The first-order valence-corrected chi connectivity index (χ1v) is 6.87. The van der Waals surface area contributed by atoms with Crippen molar-refractivity contribution < 1.29 is 0 Å². The number of hydrogen-bond donors (Lipinski definition) is 1. The van der Waals surface area contributed by atoms with Crippen molar-refractivity contribution in [2.24, 2.45) is 5.73 Å². The van der Waals surface area contributed by atoms with E-state index in [4.69, 9.17) is 5.73 Å². The van der Waals surface area contributed by atoms with Crippen LogP contribution in [0.3, 0.4) is 0 Å². The first-order valence-electron chi connectivity index (χ1n) is 5.20. The molecule has 0 fully saturated rings. The van der Waals surface area contributed by atoms with Gasteiger partial charge < -0.3 is 5.73 Å². The molecule has 0 aliphatic heterocycles. The lowest BCUT2D eigenvalue weighted by atomic mass is 10.0. The van der Waals surface area contributed by atoms with E-state index in [1.165, 1.54) is 16.0 Å². The van der Waals surface area contributed by atoms with Gasteiger partial charge in [0.2, 0.25) is 0 Å². The zero-order valence-corrected chi connectivity index (χ0v) is 11.5. The van der Waals surface area contributed by atoms with Crippen molar-refractivity contribution in [2.75, 3.05) is 0 Å². The van der Waals surface area contributed by atoms with Crippen LogP contribution in [-0.4, -0.2) is 0 Å². The summed E-state index contributed by atoms with van der Waals surface area (Å²) in [5.74, 6) is 0. The number of halogens is 1. The summed E-state index contributed by atoms with van der Waals surface area (Å²) in [4.78, 5) is 1.32. The summed E-state index contributed by atoms with van der Waals surface area (Å²) >= 11 is 5.21. The highest BCUT2D eigenvalue weighted by molar-refractivity contribution is 9.10. The lowest BCUT2D eigenvalue weighted by Crippen LogP contribution is -2.12. The number of aryl methyl sites for hydroxylation is 1. The van der Waals surface area contributed by atoms with Crippen molar-refractivity contribution in [2.45, 2.75) is 19.4 Å². The van der Waals surface area contributed by atoms with Crippen LogP contribution in [0.4, 0.5) is 0 Å². The molecule has 0 saturated heterocycles. The van der Waals surface area contributed by atoms with Gasteiger partial charge in [-0.05, 0) is 34.5 Å². The molecule has 1 aromatic carbocycles. The van der Waals surface area contributed by atoms with E-state index in [0.717, 1.165) is 10.9 Å². The summed E-state index contributed by atoms with van der Waals surface area (Å²) in [5, 5.41) is 2.09. The van der Waals surface area contributed by atoms with E-state index in [-0.39, 0.29) is 6.04 Å². The van der Waals surface area contributed by atoms with Gasteiger partial charge in [-0.15, -0.1) is 11.3 Å². The highest BCUT2D eigenvalue weighted by atomic mass is 79.9. The predicted octanol–water partition coefficient (Wildman–Crippen LogP) is 4.06. The maximum Gasteiger partial charge on any atom is 0.0343 e. The van der Waals surface area contributed by atoms with E-state index in [2.05, 4.69) is 58.6 Å². The second-order valence-corrected chi connectivity index (χ2v) is 5.86. The standard InChI is InChI=1S/C13H14BrNS/c1-9-2-4-10(5-3-9)13(15)7-12-6-11(14)8-16-12/h2-6,8,13H,7,15H2,1H3. The molecule has 0 spiro atoms. The zero-order chi connectivity index (χ0) is 11.5. The molecular weight excluding hydrogens is 282 g/mol. The molecule has 16 heavy (non-hydrogen) atoms. The fourth-order valence-corrected chi connectivity index (χ4v) is 3.12. The molecule has 1 nitrogen and oxygen atoms in total. The molecule has 84 valence electrons. The Morgan fingerprint density at radius 3 is 2.56 bits per heavy atom. The molecule has 2 N–H and O–H groups in total. The average Bonchev–Trinajstić information content (AvgIpc) is 2.65. The molecule has 1 heterocycles. The summed E-state index contributed by atoms with van der Waals surface area (Å²) in [7, 11) is 0. The second kappa shape index (κ2) is 5.13. The third-order valence-corrected chi connectivity index (χ3v) is 4.27. The Hall–Kier alpha value is -0.640. The van der Waals surface area contributed by atoms with Crippen molar-refractivity contribution >= 4 is 27.3 Å². The molecule has 0 saturated carbocycles. The Labute approximate surface area is 108 Å². The molecule has 1 atom stereocenters. The average molecular weight is 296 g/mol. The minimum absolute atomic E-state index is 0.0890. The van der Waals surface area contributed by atoms with Crippen LogP contribution in [0.1, 0.15) is 22.0 Å². The van der Waals surface area contributed by atoms with Crippen molar-refractivity contribution in [3.05, 3.63) is 56.2 Å². The molecule has 1 unspecified atom stereocenters. The summed E-state index contributed by atoms with van der Waals surface area (Å²) in [6, 6.07) is 10.7. The van der Waals surface area contributed by atoms with Gasteiger partial charge in [0, 0.05) is 27.2 Å². The van der Waals surface area contributed by atoms with Crippen LogP contribution in [0.5, 0.6) is 0 Å². The van der Waals surface area contributed by atoms with E-state index < -0.39 is 0 Å². The SMILES string of the molecule is Cc1ccc(C(N)Cc2cc(Br)cs2)cc1. The zero-order valence-electron chi connectivity index (χ0n) is 9.11. The molecule has 2 rings (SSSR count). The van der Waals surface area contributed by atoms with Crippen molar-refractivity contribution in [1.29, 1.82) is 0 Å². The fraction of sp³-hybridized carbons (Fsp3) is 0.231. The van der Waals surface area contributed by atoms with Gasteiger partial charge in [-0.3, -0.25) is 0 Å². The normalized spacial score (nSPS) is 12.7. The smallest absolute Gasteiger partial charge is 0.0343 e. The van der Waals surface area contributed by atoms with Gasteiger partial charge in [-0.2, -0.15) is 0 Å². The van der Waals surface area contributed by atoms with E-state index in [1.807, 2.05) is 0 Å². The molecule has 1 aromatic heterocycles. The van der Waals surface area contributed by atoms with Crippen LogP contribution in [0.25, 0.3) is 0 Å². The first kappa shape index (κ1) is 11.8. The Morgan fingerprint density at radius 2 is 2.00 bits per heavy atom. The Morgan fingerprint density at radius 1 is 1.31 bits per heavy atom. The molecule has 0 aliphatic carbocycles. The molecule has 0 radical (unpaired) electrons. The molecule has 2 aromatic rings. The summed E-state index contributed by atoms with van der Waals surface area (Å²) < 4.78 is 1.14. The van der Waals surface area contributed by atoms with Crippen molar-refractivity contribution in [3.8, 4) is 0 Å². The van der Waals surface area contributed by atoms with Crippen LogP contribution < -0.4 is 5.73 Å². The lowest BCUT2D eigenvalue weighted by Gasteiger charge is -2.10. The van der Waals surface area contributed by atoms with Gasteiger partial charge in [0.05, 0.1) is 0 Å². The molecule has 0 amide bonds. The van der Waals surface area contributed by atoms with Gasteiger partial charge in [-0.25, -0.2) is 0 Å². The Kier molecular flexibility index (Phi) is 3.79. The largest absolute Gasteiger partial charge is 0.324 e. The highest BCUT2D eigenvalue weighted by Crippen LogP contribution is 2.24. The number of nitrogens with two attached hydrogens (primary N) is 1. The van der Waals surface area contributed by atoms with Crippen molar-refractivity contribution in [3.63, 3.8) is 0 Å². The summed E-state index contributed by atoms with van der Waals surface area (Å²) in [5.41, 5.74) is 8.65. The number of hydrogen-bond acceptors (Lipinski definition) is 2. The number of benzene rings is 1. The topological polar surface area (TPSA) is 26.0 Å². The van der Waals surface area contributed by atoms with Gasteiger partial charge in [-0.1, -0.05) is 29.8 Å². The Bertz CT molecular complexity index is 461. The number of thiophene rings is 1. The minimum Gasteiger partial charge on any atom is -0.324 e. The van der Waals surface area contributed by atoms with Crippen LogP contribution in [0.2, 0.25) is 0 Å². The summed E-state index contributed by atoms with van der Waals surface area (Å²) in [6.45, 7) is 2.09. The lowest BCUT2D eigenvalue weighted by molar-refractivity contribution is 0.730. The molecule has 0 bridgehead atoms. The maximum absolute atomic E-state index is 6.18. The predicted molar refractivity (Wildman–Crippen MR) is 73.8 cm³/mol. The molecular formula is C13H14BrNS. The minimum atomic E-state index is 0.0890. The third kappa shape index (κ3) is 2.94. The molecule has 3 heteroatoms. The van der Waals surface area contributed by atoms with Crippen LogP contribution >= 0.6 is 27.3 Å². The van der Waals surface area contributed by atoms with Gasteiger partial charge >= 0.3 is 0 Å². The quantitative estimate of drug-likeness (QED) is 0.908. The van der Waals surface area contributed by atoms with Crippen LogP contribution in [0, 0.1) is 6.92 Å². The monoisotopic (exact) mass is 295 g/mol. The van der Waals surface area contributed by atoms with E-state index in [9.17, 15) is 0 Å². The Balaban J connectivity index is 2.08.